The first kappa shape index (κ1) is 14.9. The largest absolute Gasteiger partial charge is 0.507 e. The summed E-state index contributed by atoms with van der Waals surface area (Å²) in [6, 6.07) is 16.4. The average Bonchev–Trinajstić information content (AvgIpc) is 2.43. The summed E-state index contributed by atoms with van der Waals surface area (Å²) < 4.78 is 0. The maximum atomic E-state index is 9.85. The average molecular weight is 284 g/mol. The lowest BCUT2D eigenvalue weighted by atomic mass is 10.0. The van der Waals surface area contributed by atoms with Crippen LogP contribution in [0.1, 0.15) is 16.7 Å². The summed E-state index contributed by atoms with van der Waals surface area (Å²) in [7, 11) is -1.37. The molecule has 0 radical (unpaired) electrons. The van der Waals surface area contributed by atoms with Crippen molar-refractivity contribution in [3.8, 4) is 5.75 Å². The zero-order valence-corrected chi connectivity index (χ0v) is 13.9. The molecular formula is C18H24OSi. The summed E-state index contributed by atoms with van der Waals surface area (Å²) in [4.78, 5) is 0. The first-order chi connectivity index (χ1) is 9.40. The van der Waals surface area contributed by atoms with Crippen LogP contribution in [-0.2, 0) is 6.42 Å². The van der Waals surface area contributed by atoms with Gasteiger partial charge < -0.3 is 5.11 Å². The Morgan fingerprint density at radius 1 is 0.950 bits per heavy atom. The monoisotopic (exact) mass is 284 g/mol. The Morgan fingerprint density at radius 3 is 2.05 bits per heavy atom. The fourth-order valence-corrected chi connectivity index (χ4v) is 4.98. The molecule has 0 spiro atoms. The fourth-order valence-electron chi connectivity index (χ4n) is 2.68. The van der Waals surface area contributed by atoms with Gasteiger partial charge in [0, 0.05) is 0 Å². The molecule has 0 fully saturated rings. The van der Waals surface area contributed by atoms with E-state index >= 15 is 0 Å². The molecule has 2 heteroatoms. The van der Waals surface area contributed by atoms with Crippen LogP contribution in [0.15, 0.2) is 42.5 Å². The van der Waals surface area contributed by atoms with Crippen LogP contribution in [0, 0.1) is 13.8 Å². The van der Waals surface area contributed by atoms with Crippen molar-refractivity contribution in [2.75, 3.05) is 0 Å². The molecule has 20 heavy (non-hydrogen) atoms. The minimum atomic E-state index is -1.37. The van der Waals surface area contributed by atoms with Gasteiger partial charge in [-0.3, -0.25) is 0 Å². The molecule has 0 aliphatic rings. The van der Waals surface area contributed by atoms with E-state index in [1.54, 1.807) is 0 Å². The Bertz CT molecular complexity index is 565. The Morgan fingerprint density at radius 2 is 1.50 bits per heavy atom. The molecule has 0 saturated heterocycles. The van der Waals surface area contributed by atoms with Gasteiger partial charge in [-0.2, -0.15) is 0 Å². The third-order valence-electron chi connectivity index (χ3n) is 4.14. The second-order valence-corrected chi connectivity index (χ2v) is 11.2. The predicted molar refractivity (Wildman–Crippen MR) is 89.6 cm³/mol. The molecule has 0 unspecified atom stereocenters. The predicted octanol–water partition coefficient (Wildman–Crippen LogP) is 4.17. The topological polar surface area (TPSA) is 20.2 Å². The zero-order chi connectivity index (χ0) is 14.8. The lowest BCUT2D eigenvalue weighted by molar-refractivity contribution is 0.466. The van der Waals surface area contributed by atoms with Crippen molar-refractivity contribution < 1.29 is 5.11 Å². The SMILES string of the molecule is Cc1cc(CC[Si](C)(C)c2ccccc2)cc(C)c1O. The number of hydrogen-bond acceptors (Lipinski definition) is 1. The molecule has 0 bridgehead atoms. The van der Waals surface area contributed by atoms with E-state index in [1.807, 2.05) is 13.8 Å². The first-order valence-electron chi connectivity index (χ1n) is 7.25. The van der Waals surface area contributed by atoms with Crippen LogP contribution in [0.5, 0.6) is 5.75 Å². The van der Waals surface area contributed by atoms with Gasteiger partial charge in [0.05, 0.1) is 8.07 Å². The van der Waals surface area contributed by atoms with Gasteiger partial charge in [-0.25, -0.2) is 0 Å². The number of rotatable bonds is 4. The second kappa shape index (κ2) is 5.84. The molecule has 0 aliphatic carbocycles. The number of benzene rings is 2. The molecule has 2 aromatic carbocycles. The lowest BCUT2D eigenvalue weighted by Gasteiger charge is -2.23. The highest BCUT2D eigenvalue weighted by atomic mass is 28.3. The van der Waals surface area contributed by atoms with Crippen molar-refractivity contribution in [3.05, 3.63) is 59.2 Å². The van der Waals surface area contributed by atoms with Crippen molar-refractivity contribution in [2.24, 2.45) is 0 Å². The summed E-state index contributed by atoms with van der Waals surface area (Å²) >= 11 is 0. The minimum Gasteiger partial charge on any atom is -0.507 e. The van der Waals surface area contributed by atoms with E-state index in [2.05, 4.69) is 55.6 Å². The standard InChI is InChI=1S/C18H24OSi/c1-14-12-16(13-15(2)18(14)19)10-11-20(3,4)17-8-6-5-7-9-17/h5-9,12-13,19H,10-11H2,1-4H3. The quantitative estimate of drug-likeness (QED) is 0.836. The van der Waals surface area contributed by atoms with E-state index in [9.17, 15) is 5.11 Å². The highest BCUT2D eigenvalue weighted by Gasteiger charge is 2.22. The van der Waals surface area contributed by atoms with Gasteiger partial charge in [-0.1, -0.05) is 60.7 Å². The maximum absolute atomic E-state index is 9.85. The fraction of sp³-hybridized carbons (Fsp3) is 0.333. The Hall–Kier alpha value is -1.54. The molecule has 1 nitrogen and oxygen atoms in total. The van der Waals surface area contributed by atoms with Crippen LogP contribution in [0.2, 0.25) is 19.1 Å². The van der Waals surface area contributed by atoms with Gasteiger partial charge in [-0.05, 0) is 43.0 Å². The van der Waals surface area contributed by atoms with Crippen LogP contribution in [0.4, 0.5) is 0 Å². The Kier molecular flexibility index (Phi) is 4.34. The van der Waals surface area contributed by atoms with E-state index < -0.39 is 8.07 Å². The molecule has 0 heterocycles. The smallest absolute Gasteiger partial charge is 0.121 e. The van der Waals surface area contributed by atoms with Gasteiger partial charge >= 0.3 is 0 Å². The molecule has 0 saturated carbocycles. The summed E-state index contributed by atoms with van der Waals surface area (Å²) in [6.07, 6.45) is 1.09. The molecule has 1 N–H and O–H groups in total. The molecule has 2 rings (SSSR count). The number of phenolic OH excluding ortho intramolecular Hbond substituents is 1. The van der Waals surface area contributed by atoms with Crippen molar-refractivity contribution in [1.82, 2.24) is 0 Å². The van der Waals surface area contributed by atoms with E-state index in [1.165, 1.54) is 16.8 Å². The summed E-state index contributed by atoms with van der Waals surface area (Å²) in [5, 5.41) is 11.4. The van der Waals surface area contributed by atoms with Crippen molar-refractivity contribution in [1.29, 1.82) is 0 Å². The van der Waals surface area contributed by atoms with Crippen LogP contribution >= 0.6 is 0 Å². The third kappa shape index (κ3) is 3.31. The number of aromatic hydroxyl groups is 1. The minimum absolute atomic E-state index is 0.438. The Labute approximate surface area is 123 Å². The van der Waals surface area contributed by atoms with Crippen LogP contribution in [0.3, 0.4) is 0 Å². The molecular weight excluding hydrogens is 260 g/mol. The summed E-state index contributed by atoms with van der Waals surface area (Å²) in [5.74, 6) is 0.438. The van der Waals surface area contributed by atoms with E-state index in [4.69, 9.17) is 0 Å². The number of phenols is 1. The highest BCUT2D eigenvalue weighted by Crippen LogP contribution is 2.24. The van der Waals surface area contributed by atoms with Gasteiger partial charge in [0.25, 0.3) is 0 Å². The molecule has 2 aromatic rings. The molecule has 106 valence electrons. The molecule has 0 aliphatic heterocycles. The van der Waals surface area contributed by atoms with Gasteiger partial charge in [-0.15, -0.1) is 0 Å². The number of hydrogen-bond donors (Lipinski definition) is 1. The first-order valence-corrected chi connectivity index (χ1v) is 10.5. The van der Waals surface area contributed by atoms with E-state index in [0.29, 0.717) is 5.75 Å². The normalized spacial score (nSPS) is 11.6. The third-order valence-corrected chi connectivity index (χ3v) is 7.54. The summed E-state index contributed by atoms with van der Waals surface area (Å²) in [6.45, 7) is 8.82. The number of aryl methyl sites for hydroxylation is 3. The Balaban J connectivity index is 2.12. The van der Waals surface area contributed by atoms with Crippen LogP contribution in [0.25, 0.3) is 0 Å². The van der Waals surface area contributed by atoms with Crippen molar-refractivity contribution >= 4 is 13.3 Å². The van der Waals surface area contributed by atoms with Gasteiger partial charge in [0.2, 0.25) is 0 Å². The molecule has 0 aromatic heterocycles. The van der Waals surface area contributed by atoms with Crippen molar-refractivity contribution in [2.45, 2.75) is 39.4 Å². The van der Waals surface area contributed by atoms with Crippen molar-refractivity contribution in [3.63, 3.8) is 0 Å². The van der Waals surface area contributed by atoms with Gasteiger partial charge in [0.15, 0.2) is 0 Å². The summed E-state index contributed by atoms with van der Waals surface area (Å²) in [5.41, 5.74) is 3.31. The zero-order valence-electron chi connectivity index (χ0n) is 12.9. The van der Waals surface area contributed by atoms with E-state index in [0.717, 1.165) is 17.5 Å². The van der Waals surface area contributed by atoms with Crippen LogP contribution < -0.4 is 5.19 Å². The maximum Gasteiger partial charge on any atom is 0.121 e. The second-order valence-electron chi connectivity index (χ2n) is 6.33. The lowest BCUT2D eigenvalue weighted by Crippen LogP contribution is -2.41. The molecule has 0 atom stereocenters. The van der Waals surface area contributed by atoms with Crippen LogP contribution in [-0.4, -0.2) is 13.2 Å². The van der Waals surface area contributed by atoms with E-state index in [-0.39, 0.29) is 0 Å². The molecule has 0 amide bonds. The van der Waals surface area contributed by atoms with Gasteiger partial charge in [0.1, 0.15) is 5.75 Å². The highest BCUT2D eigenvalue weighted by molar-refractivity contribution is 6.89.